The lowest BCUT2D eigenvalue weighted by Crippen LogP contribution is -2.29. The van der Waals surface area contributed by atoms with Crippen molar-refractivity contribution in [2.75, 3.05) is 16.2 Å². The molecule has 0 saturated carbocycles. The van der Waals surface area contributed by atoms with Crippen molar-refractivity contribution >= 4 is 33.3 Å². The summed E-state index contributed by atoms with van der Waals surface area (Å²) in [6, 6.07) is 10.7. The smallest absolute Gasteiger partial charge is 0.416 e. The fourth-order valence-electron chi connectivity index (χ4n) is 3.69. The van der Waals surface area contributed by atoms with Crippen LogP contribution in [0.4, 0.5) is 28.9 Å². The average molecular weight is 508 g/mol. The number of anilines is 2. The molecule has 1 amide bonds. The van der Waals surface area contributed by atoms with Gasteiger partial charge in [-0.3, -0.25) is 9.10 Å². The van der Waals surface area contributed by atoms with Gasteiger partial charge in [-0.25, -0.2) is 17.6 Å². The van der Waals surface area contributed by atoms with Crippen LogP contribution in [0.25, 0.3) is 0 Å². The van der Waals surface area contributed by atoms with Crippen LogP contribution in [0, 0.1) is 5.82 Å². The number of hydrogen-bond donors (Lipinski definition) is 2. The summed E-state index contributed by atoms with van der Waals surface area (Å²) in [7, 11) is -4.29. The van der Waals surface area contributed by atoms with Crippen LogP contribution in [-0.4, -0.2) is 31.9 Å². The molecule has 0 radical (unpaired) electrons. The van der Waals surface area contributed by atoms with Gasteiger partial charge in [0.1, 0.15) is 5.82 Å². The first kappa shape index (κ1) is 24.2. The molecule has 35 heavy (non-hydrogen) atoms. The van der Waals surface area contributed by atoms with Crippen molar-refractivity contribution in [3.05, 3.63) is 88.7 Å². The van der Waals surface area contributed by atoms with E-state index in [1.165, 1.54) is 24.3 Å². The zero-order chi connectivity index (χ0) is 25.5. The van der Waals surface area contributed by atoms with Crippen molar-refractivity contribution in [3.63, 3.8) is 0 Å². The zero-order valence-electron chi connectivity index (χ0n) is 17.6. The number of sulfonamides is 1. The molecule has 0 atom stereocenters. The van der Waals surface area contributed by atoms with Crippen molar-refractivity contribution in [2.24, 2.45) is 0 Å². The summed E-state index contributed by atoms with van der Waals surface area (Å²) in [6.45, 7) is -0.0269. The van der Waals surface area contributed by atoms with E-state index in [1.807, 2.05) is 0 Å². The standard InChI is InChI=1S/C23H16F4N2O5S/c24-19-12-16(5-6-18(19)22(31)32)28-21(30)14-4-7-20-13(10-14)8-9-29(20)35(33,34)17-3-1-2-15(11-17)23(25,26)27/h1-7,10-12H,8-9H2,(H,28,30)(H,31,32). The minimum absolute atomic E-state index is 0.0201. The van der Waals surface area contributed by atoms with E-state index < -0.39 is 49.9 Å². The second kappa shape index (κ2) is 8.69. The summed E-state index contributed by atoms with van der Waals surface area (Å²) in [6.07, 6.45) is -4.48. The first-order valence-corrected chi connectivity index (χ1v) is 11.5. The minimum Gasteiger partial charge on any atom is -0.478 e. The summed E-state index contributed by atoms with van der Waals surface area (Å²) in [5, 5.41) is 11.3. The predicted octanol–water partition coefficient (Wildman–Crippen LogP) is 4.55. The molecule has 7 nitrogen and oxygen atoms in total. The van der Waals surface area contributed by atoms with E-state index in [4.69, 9.17) is 5.11 Å². The first-order chi connectivity index (χ1) is 16.4. The van der Waals surface area contributed by atoms with Crippen LogP contribution in [0.5, 0.6) is 0 Å². The zero-order valence-corrected chi connectivity index (χ0v) is 18.5. The number of carboxylic acids is 1. The third kappa shape index (κ3) is 4.69. The van der Waals surface area contributed by atoms with Gasteiger partial charge in [0, 0.05) is 17.8 Å². The third-order valence-electron chi connectivity index (χ3n) is 5.40. The normalized spacial score (nSPS) is 13.4. The van der Waals surface area contributed by atoms with Crippen LogP contribution < -0.4 is 9.62 Å². The van der Waals surface area contributed by atoms with E-state index in [-0.39, 0.29) is 29.9 Å². The van der Waals surface area contributed by atoms with Crippen molar-refractivity contribution < 1.29 is 40.7 Å². The Balaban J connectivity index is 1.57. The Morgan fingerprint density at radius 1 is 1.00 bits per heavy atom. The van der Waals surface area contributed by atoms with E-state index in [1.54, 1.807) is 0 Å². The highest BCUT2D eigenvalue weighted by atomic mass is 32.2. The highest BCUT2D eigenvalue weighted by Crippen LogP contribution is 2.36. The molecule has 0 spiro atoms. The van der Waals surface area contributed by atoms with Crippen LogP contribution in [0.2, 0.25) is 0 Å². The lowest BCUT2D eigenvalue weighted by Gasteiger charge is -2.20. The van der Waals surface area contributed by atoms with Gasteiger partial charge in [0.25, 0.3) is 15.9 Å². The van der Waals surface area contributed by atoms with Gasteiger partial charge in [-0.15, -0.1) is 0 Å². The van der Waals surface area contributed by atoms with Crippen LogP contribution in [-0.2, 0) is 22.6 Å². The molecule has 1 heterocycles. The third-order valence-corrected chi connectivity index (χ3v) is 7.21. The number of carbonyl (C=O) groups is 2. The van der Waals surface area contributed by atoms with Gasteiger partial charge < -0.3 is 10.4 Å². The monoisotopic (exact) mass is 508 g/mol. The van der Waals surface area contributed by atoms with Gasteiger partial charge in [-0.2, -0.15) is 13.2 Å². The molecule has 2 N–H and O–H groups in total. The van der Waals surface area contributed by atoms with Gasteiger partial charge in [0.05, 0.1) is 21.7 Å². The van der Waals surface area contributed by atoms with E-state index in [2.05, 4.69) is 5.32 Å². The number of hydrogen-bond acceptors (Lipinski definition) is 4. The number of rotatable bonds is 5. The topological polar surface area (TPSA) is 104 Å². The molecule has 0 bridgehead atoms. The molecule has 0 aliphatic carbocycles. The number of benzene rings is 3. The van der Waals surface area contributed by atoms with E-state index in [9.17, 15) is 35.6 Å². The Kier molecular flexibility index (Phi) is 6.01. The van der Waals surface area contributed by atoms with Gasteiger partial charge >= 0.3 is 12.1 Å². The van der Waals surface area contributed by atoms with Crippen molar-refractivity contribution in [3.8, 4) is 0 Å². The predicted molar refractivity (Wildman–Crippen MR) is 117 cm³/mol. The fourth-order valence-corrected chi connectivity index (χ4v) is 5.24. The Morgan fingerprint density at radius 2 is 1.74 bits per heavy atom. The quantitative estimate of drug-likeness (QED) is 0.493. The summed E-state index contributed by atoms with van der Waals surface area (Å²) in [5.74, 6) is -3.13. The molecule has 12 heteroatoms. The van der Waals surface area contributed by atoms with Gasteiger partial charge in [-0.1, -0.05) is 6.07 Å². The van der Waals surface area contributed by atoms with Crippen LogP contribution in [0.15, 0.2) is 65.6 Å². The number of carbonyl (C=O) groups excluding carboxylic acids is 1. The number of alkyl halides is 3. The van der Waals surface area contributed by atoms with Crippen LogP contribution >= 0.6 is 0 Å². The van der Waals surface area contributed by atoms with Crippen molar-refractivity contribution in [1.82, 2.24) is 0 Å². The maximum atomic E-state index is 13.9. The second-order valence-electron chi connectivity index (χ2n) is 7.65. The molecule has 0 saturated heterocycles. The van der Waals surface area contributed by atoms with Crippen LogP contribution in [0.3, 0.4) is 0 Å². The number of halogens is 4. The van der Waals surface area contributed by atoms with E-state index in [0.717, 1.165) is 34.6 Å². The molecular weight excluding hydrogens is 492 g/mol. The molecule has 1 aliphatic rings. The van der Waals surface area contributed by atoms with Crippen LogP contribution in [0.1, 0.15) is 31.8 Å². The number of nitrogens with zero attached hydrogens (tertiary/aromatic N) is 1. The molecule has 0 aromatic heterocycles. The summed E-state index contributed by atoms with van der Waals surface area (Å²) >= 11 is 0. The number of carboxylic acid groups (broad SMARTS) is 1. The minimum atomic E-state index is -4.70. The van der Waals surface area contributed by atoms with E-state index >= 15 is 0 Å². The van der Waals surface area contributed by atoms with E-state index in [0.29, 0.717) is 11.6 Å². The first-order valence-electron chi connectivity index (χ1n) is 10.0. The Morgan fingerprint density at radius 3 is 2.40 bits per heavy atom. The lowest BCUT2D eigenvalue weighted by atomic mass is 10.1. The molecule has 4 rings (SSSR count). The number of aromatic carboxylic acids is 1. The number of fused-ring (bicyclic) bond motifs is 1. The molecule has 0 fully saturated rings. The second-order valence-corrected chi connectivity index (χ2v) is 9.51. The number of amides is 1. The summed E-state index contributed by atoms with van der Waals surface area (Å²) in [5.41, 5.74) is -0.770. The maximum absolute atomic E-state index is 13.9. The summed E-state index contributed by atoms with van der Waals surface area (Å²) in [4.78, 5) is 23.0. The number of nitrogens with one attached hydrogen (secondary N) is 1. The van der Waals surface area contributed by atoms with Gasteiger partial charge in [0.2, 0.25) is 0 Å². The molecular formula is C23H16F4N2O5S. The molecule has 182 valence electrons. The Bertz CT molecular complexity index is 1450. The van der Waals surface area contributed by atoms with Gasteiger partial charge in [-0.05, 0) is 66.6 Å². The van der Waals surface area contributed by atoms with Crippen molar-refractivity contribution in [1.29, 1.82) is 0 Å². The largest absolute Gasteiger partial charge is 0.478 e. The highest BCUT2D eigenvalue weighted by molar-refractivity contribution is 7.92. The molecule has 3 aromatic carbocycles. The Labute approximate surface area is 196 Å². The summed E-state index contributed by atoms with van der Waals surface area (Å²) < 4.78 is 80.0. The van der Waals surface area contributed by atoms with Gasteiger partial charge in [0.15, 0.2) is 0 Å². The SMILES string of the molecule is O=C(Nc1ccc(C(=O)O)c(F)c1)c1ccc2c(c1)CCN2S(=O)(=O)c1cccc(C(F)(F)F)c1. The fraction of sp³-hybridized carbons (Fsp3) is 0.130. The van der Waals surface area contributed by atoms with Crippen molar-refractivity contribution in [2.45, 2.75) is 17.5 Å². The maximum Gasteiger partial charge on any atom is 0.416 e. The molecule has 3 aromatic rings. The Hall–Kier alpha value is -3.93. The highest BCUT2D eigenvalue weighted by Gasteiger charge is 2.35. The average Bonchev–Trinajstić information content (AvgIpc) is 3.22. The molecule has 0 unspecified atom stereocenters. The lowest BCUT2D eigenvalue weighted by molar-refractivity contribution is -0.137. The molecule has 1 aliphatic heterocycles.